The van der Waals surface area contributed by atoms with Crippen molar-refractivity contribution < 1.29 is 17.6 Å². The predicted molar refractivity (Wildman–Crippen MR) is 101 cm³/mol. The summed E-state index contributed by atoms with van der Waals surface area (Å²) in [6.07, 6.45) is 6.53. The molecule has 1 aliphatic heterocycles. The van der Waals surface area contributed by atoms with Gasteiger partial charge in [0.25, 0.3) is 0 Å². The minimum Gasteiger partial charge on any atom is -0.352 e. The SMILES string of the molecule is O=C(NCc1cccc(F)c1)C1CN(S(=O)(=O)C2CC2)CC12CCCCC2. The minimum absolute atomic E-state index is 0.102. The zero-order valence-electron chi connectivity index (χ0n) is 15.5. The predicted octanol–water partition coefficient (Wildman–Crippen LogP) is 2.82. The Labute approximate surface area is 160 Å². The van der Waals surface area contributed by atoms with Crippen LogP contribution in [0.25, 0.3) is 0 Å². The standard InChI is InChI=1S/C20H27FN2O3S/c21-16-6-4-5-15(11-16)12-22-19(24)18-13-23(27(25,26)17-7-8-17)14-20(18)9-2-1-3-10-20/h4-6,11,17-18H,1-3,7-10,12-14H2,(H,22,24). The number of nitrogens with zero attached hydrogens (tertiary/aromatic N) is 1. The summed E-state index contributed by atoms with van der Waals surface area (Å²) in [6, 6.07) is 6.19. The lowest BCUT2D eigenvalue weighted by Crippen LogP contribution is -2.42. The molecule has 1 unspecified atom stereocenters. The van der Waals surface area contributed by atoms with Gasteiger partial charge >= 0.3 is 0 Å². The van der Waals surface area contributed by atoms with Gasteiger partial charge in [0.1, 0.15) is 5.82 Å². The summed E-state index contributed by atoms with van der Waals surface area (Å²) < 4.78 is 40.5. The summed E-state index contributed by atoms with van der Waals surface area (Å²) in [5, 5.41) is 2.69. The fourth-order valence-electron chi connectivity index (χ4n) is 4.78. The first-order valence-corrected chi connectivity index (χ1v) is 11.4. The highest BCUT2D eigenvalue weighted by Crippen LogP contribution is 2.49. The van der Waals surface area contributed by atoms with Crippen molar-refractivity contribution in [3.05, 3.63) is 35.6 Å². The quantitative estimate of drug-likeness (QED) is 0.835. The number of halogens is 1. The Morgan fingerprint density at radius 3 is 2.63 bits per heavy atom. The zero-order chi connectivity index (χ0) is 19.1. The van der Waals surface area contributed by atoms with Gasteiger partial charge in [-0.25, -0.2) is 17.1 Å². The van der Waals surface area contributed by atoms with Crippen LogP contribution in [0.2, 0.25) is 0 Å². The highest BCUT2D eigenvalue weighted by atomic mass is 32.2. The first-order valence-electron chi connectivity index (χ1n) is 9.92. The highest BCUT2D eigenvalue weighted by Gasteiger charge is 2.54. The molecule has 1 aromatic rings. The number of rotatable bonds is 5. The number of carbonyl (C=O) groups excluding carboxylic acids is 1. The van der Waals surface area contributed by atoms with E-state index >= 15 is 0 Å². The molecule has 1 aromatic carbocycles. The Balaban J connectivity index is 1.50. The van der Waals surface area contributed by atoms with Crippen molar-refractivity contribution in [2.45, 2.75) is 56.7 Å². The van der Waals surface area contributed by atoms with Gasteiger partial charge in [-0.2, -0.15) is 0 Å². The molecule has 0 bridgehead atoms. The Kier molecular flexibility index (Phi) is 5.01. The third-order valence-electron chi connectivity index (χ3n) is 6.44. The molecular formula is C20H27FN2O3S. The van der Waals surface area contributed by atoms with E-state index in [9.17, 15) is 17.6 Å². The van der Waals surface area contributed by atoms with Crippen molar-refractivity contribution in [1.82, 2.24) is 9.62 Å². The third-order valence-corrected chi connectivity index (χ3v) is 8.76. The number of hydrogen-bond donors (Lipinski definition) is 1. The smallest absolute Gasteiger partial charge is 0.225 e. The van der Waals surface area contributed by atoms with Crippen molar-refractivity contribution in [3.63, 3.8) is 0 Å². The van der Waals surface area contributed by atoms with E-state index in [4.69, 9.17) is 0 Å². The second kappa shape index (κ2) is 7.17. The molecule has 7 heteroatoms. The topological polar surface area (TPSA) is 66.5 Å². The van der Waals surface area contributed by atoms with Crippen molar-refractivity contribution >= 4 is 15.9 Å². The fraction of sp³-hybridized carbons (Fsp3) is 0.650. The van der Waals surface area contributed by atoms with Gasteiger partial charge in [-0.1, -0.05) is 31.4 Å². The van der Waals surface area contributed by atoms with E-state index in [1.54, 1.807) is 16.4 Å². The van der Waals surface area contributed by atoms with E-state index in [1.165, 1.54) is 12.1 Å². The van der Waals surface area contributed by atoms with Crippen LogP contribution in [0.15, 0.2) is 24.3 Å². The lowest BCUT2D eigenvalue weighted by atomic mass is 9.67. The van der Waals surface area contributed by atoms with Crippen LogP contribution in [0.4, 0.5) is 4.39 Å². The molecule has 2 saturated carbocycles. The number of hydrogen-bond acceptors (Lipinski definition) is 3. The molecule has 4 rings (SSSR count). The van der Waals surface area contributed by atoms with Gasteiger partial charge in [0.2, 0.25) is 15.9 Å². The van der Waals surface area contributed by atoms with Crippen LogP contribution in [-0.2, 0) is 21.4 Å². The number of amides is 1. The molecule has 0 aromatic heterocycles. The van der Waals surface area contributed by atoms with E-state index in [2.05, 4.69) is 5.32 Å². The molecule has 1 heterocycles. The van der Waals surface area contributed by atoms with Crippen LogP contribution >= 0.6 is 0 Å². The van der Waals surface area contributed by atoms with Gasteiger partial charge in [-0.05, 0) is 48.8 Å². The minimum atomic E-state index is -3.28. The van der Waals surface area contributed by atoms with Gasteiger partial charge in [0.15, 0.2) is 0 Å². The number of nitrogens with one attached hydrogen (secondary N) is 1. The molecule has 5 nitrogen and oxygen atoms in total. The molecule has 3 aliphatic rings. The Morgan fingerprint density at radius 1 is 1.22 bits per heavy atom. The molecule has 1 saturated heterocycles. The van der Waals surface area contributed by atoms with Gasteiger partial charge in [0.05, 0.1) is 11.2 Å². The average Bonchev–Trinajstić information content (AvgIpc) is 3.44. The molecule has 1 amide bonds. The van der Waals surface area contributed by atoms with E-state index in [0.717, 1.165) is 44.9 Å². The van der Waals surface area contributed by atoms with Crippen molar-refractivity contribution in [1.29, 1.82) is 0 Å². The third kappa shape index (κ3) is 3.76. The monoisotopic (exact) mass is 394 g/mol. The largest absolute Gasteiger partial charge is 0.352 e. The summed E-state index contributed by atoms with van der Waals surface area (Å²) in [7, 11) is -3.28. The number of carbonyl (C=O) groups is 1. The number of sulfonamides is 1. The van der Waals surface area contributed by atoms with Crippen LogP contribution in [-0.4, -0.2) is 37.0 Å². The number of benzene rings is 1. The summed E-state index contributed by atoms with van der Waals surface area (Å²) in [6.45, 7) is 1.02. The van der Waals surface area contributed by atoms with Crippen LogP contribution in [0.5, 0.6) is 0 Å². The summed E-state index contributed by atoms with van der Waals surface area (Å²) in [5.41, 5.74) is 0.466. The second-order valence-corrected chi connectivity index (χ2v) is 10.6. The van der Waals surface area contributed by atoms with Crippen LogP contribution in [0.3, 0.4) is 0 Å². The molecule has 0 radical (unpaired) electrons. The van der Waals surface area contributed by atoms with Crippen LogP contribution in [0.1, 0.15) is 50.5 Å². The summed E-state index contributed by atoms with van der Waals surface area (Å²) in [4.78, 5) is 13.0. The molecule has 1 N–H and O–H groups in total. The van der Waals surface area contributed by atoms with Crippen molar-refractivity contribution in [2.75, 3.05) is 13.1 Å². The van der Waals surface area contributed by atoms with E-state index in [-0.39, 0.29) is 41.4 Å². The van der Waals surface area contributed by atoms with Gasteiger partial charge < -0.3 is 5.32 Å². The molecule has 2 aliphatic carbocycles. The summed E-state index contributed by atoms with van der Waals surface area (Å²) >= 11 is 0. The molecular weight excluding hydrogens is 367 g/mol. The lowest BCUT2D eigenvalue weighted by molar-refractivity contribution is -0.128. The maximum absolute atomic E-state index is 13.4. The Hall–Kier alpha value is -1.47. The van der Waals surface area contributed by atoms with Crippen LogP contribution in [0, 0.1) is 17.2 Å². The fourth-order valence-corrected chi connectivity index (χ4v) is 6.72. The highest BCUT2D eigenvalue weighted by molar-refractivity contribution is 7.90. The maximum atomic E-state index is 13.4. The lowest BCUT2D eigenvalue weighted by Gasteiger charge is -2.37. The zero-order valence-corrected chi connectivity index (χ0v) is 16.3. The Morgan fingerprint density at radius 2 is 1.96 bits per heavy atom. The molecule has 1 spiro atoms. The Bertz CT molecular complexity index is 816. The van der Waals surface area contributed by atoms with Gasteiger partial charge in [-0.15, -0.1) is 0 Å². The van der Waals surface area contributed by atoms with Crippen molar-refractivity contribution in [3.8, 4) is 0 Å². The van der Waals surface area contributed by atoms with Crippen molar-refractivity contribution in [2.24, 2.45) is 11.3 Å². The van der Waals surface area contributed by atoms with Crippen LogP contribution < -0.4 is 5.32 Å². The molecule has 3 fully saturated rings. The van der Waals surface area contributed by atoms with Gasteiger partial charge in [0, 0.05) is 19.6 Å². The first-order chi connectivity index (χ1) is 12.9. The second-order valence-electron chi connectivity index (χ2n) is 8.36. The summed E-state index contributed by atoms with van der Waals surface area (Å²) in [5.74, 6) is -0.748. The van der Waals surface area contributed by atoms with Gasteiger partial charge in [-0.3, -0.25) is 4.79 Å². The molecule has 27 heavy (non-hydrogen) atoms. The first kappa shape index (κ1) is 18.9. The molecule has 1 atom stereocenters. The normalized spacial score (nSPS) is 25.6. The maximum Gasteiger partial charge on any atom is 0.225 e. The van der Waals surface area contributed by atoms with E-state index in [1.807, 2.05) is 0 Å². The van der Waals surface area contributed by atoms with E-state index < -0.39 is 10.0 Å². The molecule has 148 valence electrons. The van der Waals surface area contributed by atoms with E-state index in [0.29, 0.717) is 12.1 Å². The average molecular weight is 395 g/mol.